The van der Waals surface area contributed by atoms with Gasteiger partial charge in [-0.05, 0) is 30.9 Å². The topological polar surface area (TPSA) is 37.4 Å². The molecular weight excluding hydrogens is 329 g/mol. The number of piperidine rings is 1. The SMILES string of the molecule is CC1CCCN(S(=O)(=O)c2cc(Cl)c(Cl)cc2Cl)C1. The number of rotatable bonds is 2. The normalized spacial score (nSPS) is 21.6. The highest BCUT2D eigenvalue weighted by atomic mass is 35.5. The lowest BCUT2D eigenvalue weighted by atomic mass is 10.0. The van der Waals surface area contributed by atoms with Crippen LogP contribution in [-0.2, 0) is 10.0 Å². The molecule has 0 spiro atoms. The van der Waals surface area contributed by atoms with Crippen LogP contribution < -0.4 is 0 Å². The van der Waals surface area contributed by atoms with Crippen LogP contribution in [0.25, 0.3) is 0 Å². The fraction of sp³-hybridized carbons (Fsp3) is 0.500. The van der Waals surface area contributed by atoms with Crippen LogP contribution in [0.5, 0.6) is 0 Å². The van der Waals surface area contributed by atoms with Crippen LogP contribution in [0.3, 0.4) is 0 Å². The van der Waals surface area contributed by atoms with E-state index in [0.717, 1.165) is 12.8 Å². The van der Waals surface area contributed by atoms with E-state index in [1.54, 1.807) is 0 Å². The van der Waals surface area contributed by atoms with Crippen molar-refractivity contribution in [3.8, 4) is 0 Å². The Morgan fingerprint density at radius 1 is 1.16 bits per heavy atom. The zero-order valence-electron chi connectivity index (χ0n) is 10.4. The Morgan fingerprint density at radius 2 is 1.79 bits per heavy atom. The van der Waals surface area contributed by atoms with Crippen molar-refractivity contribution in [2.24, 2.45) is 5.92 Å². The first-order valence-electron chi connectivity index (χ1n) is 5.97. The molecule has 7 heteroatoms. The van der Waals surface area contributed by atoms with Gasteiger partial charge in [-0.1, -0.05) is 41.7 Å². The summed E-state index contributed by atoms with van der Waals surface area (Å²) in [5.74, 6) is 0.352. The molecule has 106 valence electrons. The van der Waals surface area contributed by atoms with Crippen LogP contribution in [0.1, 0.15) is 19.8 Å². The molecule has 0 amide bonds. The maximum Gasteiger partial charge on any atom is 0.244 e. The Balaban J connectivity index is 2.42. The second-order valence-electron chi connectivity index (χ2n) is 4.81. The summed E-state index contributed by atoms with van der Waals surface area (Å²) in [4.78, 5) is 0.0256. The standard InChI is InChI=1S/C12H14Cl3NO2S/c1-8-3-2-4-16(7-8)19(17,18)12-6-10(14)9(13)5-11(12)15/h5-6,8H,2-4,7H2,1H3. The Kier molecular flexibility index (Phi) is 4.68. The highest BCUT2D eigenvalue weighted by molar-refractivity contribution is 7.89. The van der Waals surface area contributed by atoms with Crippen LogP contribution in [0.2, 0.25) is 15.1 Å². The van der Waals surface area contributed by atoms with E-state index in [1.165, 1.54) is 16.4 Å². The lowest BCUT2D eigenvalue weighted by Crippen LogP contribution is -2.39. The summed E-state index contributed by atoms with van der Waals surface area (Å²) in [6, 6.07) is 2.69. The Bertz CT molecular complexity index is 589. The van der Waals surface area contributed by atoms with E-state index in [0.29, 0.717) is 19.0 Å². The quantitative estimate of drug-likeness (QED) is 0.760. The van der Waals surface area contributed by atoms with Crippen molar-refractivity contribution >= 4 is 44.8 Å². The predicted molar refractivity (Wildman–Crippen MR) is 78.6 cm³/mol. The van der Waals surface area contributed by atoms with Crippen LogP contribution >= 0.6 is 34.8 Å². The third-order valence-electron chi connectivity index (χ3n) is 3.21. The second kappa shape index (κ2) is 5.78. The molecule has 0 saturated carbocycles. The van der Waals surface area contributed by atoms with Gasteiger partial charge < -0.3 is 0 Å². The van der Waals surface area contributed by atoms with E-state index in [-0.39, 0.29) is 20.0 Å². The molecule has 0 aromatic heterocycles. The van der Waals surface area contributed by atoms with Crippen molar-refractivity contribution in [2.75, 3.05) is 13.1 Å². The zero-order valence-corrected chi connectivity index (χ0v) is 13.5. The first kappa shape index (κ1) is 15.4. The molecule has 1 aliphatic rings. The number of benzene rings is 1. The lowest BCUT2D eigenvalue weighted by Gasteiger charge is -2.30. The molecule has 0 N–H and O–H groups in total. The van der Waals surface area contributed by atoms with Crippen molar-refractivity contribution < 1.29 is 8.42 Å². The summed E-state index contributed by atoms with van der Waals surface area (Å²) < 4.78 is 26.6. The molecule has 0 bridgehead atoms. The summed E-state index contributed by atoms with van der Waals surface area (Å²) in [5, 5.41) is 0.542. The lowest BCUT2D eigenvalue weighted by molar-refractivity contribution is 0.281. The Labute approximate surface area is 128 Å². The summed E-state index contributed by atoms with van der Waals surface area (Å²) in [6.45, 7) is 3.07. The molecule has 1 aromatic carbocycles. The van der Waals surface area contributed by atoms with Gasteiger partial charge in [-0.2, -0.15) is 4.31 Å². The number of sulfonamides is 1. The van der Waals surface area contributed by atoms with E-state index in [9.17, 15) is 8.42 Å². The fourth-order valence-corrected chi connectivity index (χ4v) is 4.78. The van der Waals surface area contributed by atoms with Gasteiger partial charge in [-0.25, -0.2) is 8.42 Å². The van der Waals surface area contributed by atoms with Gasteiger partial charge in [-0.3, -0.25) is 0 Å². The van der Waals surface area contributed by atoms with Crippen LogP contribution in [0.4, 0.5) is 0 Å². The number of nitrogens with zero attached hydrogens (tertiary/aromatic N) is 1. The minimum absolute atomic E-state index is 0.0256. The number of halogens is 3. The Morgan fingerprint density at radius 3 is 2.42 bits per heavy atom. The molecule has 3 nitrogen and oxygen atoms in total. The van der Waals surface area contributed by atoms with Crippen molar-refractivity contribution in [3.05, 3.63) is 27.2 Å². The third-order valence-corrected chi connectivity index (χ3v) is 6.26. The average molecular weight is 343 g/mol. The van der Waals surface area contributed by atoms with E-state index in [1.807, 2.05) is 6.92 Å². The van der Waals surface area contributed by atoms with Gasteiger partial charge in [0.2, 0.25) is 10.0 Å². The molecule has 1 unspecified atom stereocenters. The summed E-state index contributed by atoms with van der Waals surface area (Å²) >= 11 is 17.7. The number of hydrogen-bond acceptors (Lipinski definition) is 2. The van der Waals surface area contributed by atoms with Gasteiger partial charge in [0.1, 0.15) is 4.90 Å². The van der Waals surface area contributed by atoms with E-state index in [4.69, 9.17) is 34.8 Å². The molecule has 1 heterocycles. The van der Waals surface area contributed by atoms with Gasteiger partial charge in [0, 0.05) is 13.1 Å². The fourth-order valence-electron chi connectivity index (χ4n) is 2.21. The van der Waals surface area contributed by atoms with Crippen LogP contribution in [0.15, 0.2) is 17.0 Å². The minimum atomic E-state index is -3.61. The molecule has 1 atom stereocenters. The molecule has 2 rings (SSSR count). The zero-order chi connectivity index (χ0) is 14.2. The summed E-state index contributed by atoms with van der Waals surface area (Å²) in [7, 11) is -3.61. The van der Waals surface area contributed by atoms with E-state index >= 15 is 0 Å². The van der Waals surface area contributed by atoms with E-state index < -0.39 is 10.0 Å². The molecule has 0 radical (unpaired) electrons. The van der Waals surface area contributed by atoms with Gasteiger partial charge in [0.15, 0.2) is 0 Å². The van der Waals surface area contributed by atoms with Crippen molar-refractivity contribution in [2.45, 2.75) is 24.7 Å². The molecule has 1 saturated heterocycles. The molecule has 1 aliphatic heterocycles. The van der Waals surface area contributed by atoms with Crippen LogP contribution in [0, 0.1) is 5.92 Å². The van der Waals surface area contributed by atoms with Crippen molar-refractivity contribution in [1.29, 1.82) is 0 Å². The van der Waals surface area contributed by atoms with Crippen LogP contribution in [-0.4, -0.2) is 25.8 Å². The highest BCUT2D eigenvalue weighted by Crippen LogP contribution is 2.34. The second-order valence-corrected chi connectivity index (χ2v) is 7.94. The smallest absolute Gasteiger partial charge is 0.207 e. The van der Waals surface area contributed by atoms with Crippen molar-refractivity contribution in [3.63, 3.8) is 0 Å². The average Bonchev–Trinajstić information content (AvgIpc) is 2.33. The molecule has 19 heavy (non-hydrogen) atoms. The summed E-state index contributed by atoms with van der Waals surface area (Å²) in [6.07, 6.45) is 1.90. The van der Waals surface area contributed by atoms with Gasteiger partial charge in [0.05, 0.1) is 15.1 Å². The van der Waals surface area contributed by atoms with E-state index in [2.05, 4.69) is 0 Å². The maximum absolute atomic E-state index is 12.6. The van der Waals surface area contributed by atoms with Gasteiger partial charge >= 0.3 is 0 Å². The third kappa shape index (κ3) is 3.19. The van der Waals surface area contributed by atoms with Crippen molar-refractivity contribution in [1.82, 2.24) is 4.31 Å². The molecule has 0 aliphatic carbocycles. The summed E-state index contributed by atoms with van der Waals surface area (Å²) in [5.41, 5.74) is 0. The minimum Gasteiger partial charge on any atom is -0.207 e. The highest BCUT2D eigenvalue weighted by Gasteiger charge is 2.30. The molecule has 1 fully saturated rings. The predicted octanol–water partition coefficient (Wildman–Crippen LogP) is 4.07. The van der Waals surface area contributed by atoms with Gasteiger partial charge in [-0.15, -0.1) is 0 Å². The first-order valence-corrected chi connectivity index (χ1v) is 8.54. The molecule has 1 aromatic rings. The molecular formula is C12H14Cl3NO2S. The number of hydrogen-bond donors (Lipinski definition) is 0. The Hall–Kier alpha value is -0.000000000000000111. The van der Waals surface area contributed by atoms with Gasteiger partial charge in [0.25, 0.3) is 0 Å². The monoisotopic (exact) mass is 341 g/mol. The largest absolute Gasteiger partial charge is 0.244 e. The maximum atomic E-state index is 12.6. The first-order chi connectivity index (χ1) is 8.82.